The van der Waals surface area contributed by atoms with Crippen molar-refractivity contribution in [1.29, 1.82) is 0 Å². The average molecular weight is 277 g/mol. The molecule has 1 fully saturated rings. The largest absolute Gasteiger partial charge is 0.316 e. The maximum Gasteiger partial charge on any atom is 0.0630 e. The Labute approximate surface area is 124 Å². The standard InChI is InChI=1S/C17H31N3/c1-5-16(6-2)20-11-10-15(19-20)12-17(4,13-18-7-3)14-8-9-14/h10-11,14,16,18H,5-9,12-13H2,1-4H3. The van der Waals surface area contributed by atoms with Crippen molar-refractivity contribution >= 4 is 0 Å². The number of hydrogen-bond donors (Lipinski definition) is 1. The van der Waals surface area contributed by atoms with Gasteiger partial charge in [0.05, 0.1) is 11.7 Å². The molecule has 1 aliphatic carbocycles. The van der Waals surface area contributed by atoms with Crippen LogP contribution < -0.4 is 5.32 Å². The van der Waals surface area contributed by atoms with Gasteiger partial charge < -0.3 is 5.32 Å². The molecule has 0 aliphatic heterocycles. The first-order valence-electron chi connectivity index (χ1n) is 8.37. The van der Waals surface area contributed by atoms with Gasteiger partial charge in [-0.3, -0.25) is 4.68 Å². The van der Waals surface area contributed by atoms with Gasteiger partial charge in [-0.1, -0.05) is 27.7 Å². The molecule has 3 heteroatoms. The minimum atomic E-state index is 0.378. The van der Waals surface area contributed by atoms with Gasteiger partial charge in [0, 0.05) is 12.7 Å². The highest BCUT2D eigenvalue weighted by Gasteiger charge is 2.41. The van der Waals surface area contributed by atoms with Crippen LogP contribution in [0.5, 0.6) is 0 Å². The summed E-state index contributed by atoms with van der Waals surface area (Å²) in [5.41, 5.74) is 1.65. The highest BCUT2D eigenvalue weighted by molar-refractivity contribution is 5.07. The Bertz CT molecular complexity index is 404. The summed E-state index contributed by atoms with van der Waals surface area (Å²) in [5.74, 6) is 0.889. The third-order valence-electron chi connectivity index (χ3n) is 4.91. The summed E-state index contributed by atoms with van der Waals surface area (Å²) in [4.78, 5) is 0. The van der Waals surface area contributed by atoms with Crippen LogP contribution in [0.15, 0.2) is 12.3 Å². The zero-order valence-corrected chi connectivity index (χ0v) is 13.7. The smallest absolute Gasteiger partial charge is 0.0630 e. The summed E-state index contributed by atoms with van der Waals surface area (Å²) >= 11 is 0. The van der Waals surface area contributed by atoms with Crippen LogP contribution in [0.2, 0.25) is 0 Å². The molecule has 0 bridgehead atoms. The Morgan fingerprint density at radius 3 is 2.60 bits per heavy atom. The molecule has 1 aliphatic rings. The summed E-state index contributed by atoms with van der Waals surface area (Å²) in [6.45, 7) is 11.3. The van der Waals surface area contributed by atoms with E-state index in [2.05, 4.69) is 50.0 Å². The fourth-order valence-electron chi connectivity index (χ4n) is 3.29. The molecule has 1 aromatic heterocycles. The molecule has 0 aromatic carbocycles. The van der Waals surface area contributed by atoms with Crippen molar-refractivity contribution in [3.8, 4) is 0 Å². The van der Waals surface area contributed by atoms with Crippen LogP contribution in [0.25, 0.3) is 0 Å². The van der Waals surface area contributed by atoms with Crippen molar-refractivity contribution in [1.82, 2.24) is 15.1 Å². The molecule has 1 heterocycles. The highest BCUT2D eigenvalue weighted by atomic mass is 15.3. The monoisotopic (exact) mass is 277 g/mol. The molecule has 2 rings (SSSR count). The van der Waals surface area contributed by atoms with Crippen LogP contribution in [0, 0.1) is 11.3 Å². The number of rotatable bonds is 9. The molecule has 1 N–H and O–H groups in total. The molecule has 20 heavy (non-hydrogen) atoms. The number of nitrogens with zero attached hydrogens (tertiary/aromatic N) is 2. The third-order valence-corrected chi connectivity index (χ3v) is 4.91. The molecule has 0 amide bonds. The molecule has 1 aromatic rings. The Kier molecular flexibility index (Phi) is 5.25. The van der Waals surface area contributed by atoms with Gasteiger partial charge in [0.15, 0.2) is 0 Å². The van der Waals surface area contributed by atoms with Gasteiger partial charge in [0.25, 0.3) is 0 Å². The van der Waals surface area contributed by atoms with Crippen LogP contribution in [-0.2, 0) is 6.42 Å². The predicted octanol–water partition coefficient (Wildman–Crippen LogP) is 3.81. The van der Waals surface area contributed by atoms with E-state index in [1.54, 1.807) is 0 Å². The Morgan fingerprint density at radius 1 is 1.35 bits per heavy atom. The lowest BCUT2D eigenvalue weighted by Crippen LogP contribution is -2.35. The fraction of sp³-hybridized carbons (Fsp3) is 0.824. The van der Waals surface area contributed by atoms with Crippen molar-refractivity contribution < 1.29 is 0 Å². The van der Waals surface area contributed by atoms with Crippen molar-refractivity contribution in [3.05, 3.63) is 18.0 Å². The fourth-order valence-corrected chi connectivity index (χ4v) is 3.29. The second-order valence-electron chi connectivity index (χ2n) is 6.64. The lowest BCUT2D eigenvalue weighted by molar-refractivity contribution is 0.254. The van der Waals surface area contributed by atoms with Crippen molar-refractivity contribution in [2.75, 3.05) is 13.1 Å². The van der Waals surface area contributed by atoms with Crippen molar-refractivity contribution in [2.24, 2.45) is 11.3 Å². The van der Waals surface area contributed by atoms with Crippen LogP contribution in [-0.4, -0.2) is 22.9 Å². The number of aromatic nitrogens is 2. The first-order valence-corrected chi connectivity index (χ1v) is 8.37. The van der Waals surface area contributed by atoms with Crippen LogP contribution in [0.4, 0.5) is 0 Å². The minimum absolute atomic E-state index is 0.378. The summed E-state index contributed by atoms with van der Waals surface area (Å²) in [5, 5.41) is 8.39. The average Bonchev–Trinajstić information content (AvgIpc) is 3.21. The zero-order valence-electron chi connectivity index (χ0n) is 13.7. The molecule has 3 nitrogen and oxygen atoms in total. The topological polar surface area (TPSA) is 29.9 Å². The number of hydrogen-bond acceptors (Lipinski definition) is 2. The first-order chi connectivity index (χ1) is 9.62. The third kappa shape index (κ3) is 3.63. The summed E-state index contributed by atoms with van der Waals surface area (Å²) in [6.07, 6.45) is 8.40. The summed E-state index contributed by atoms with van der Waals surface area (Å²) < 4.78 is 2.18. The maximum absolute atomic E-state index is 4.84. The molecular weight excluding hydrogens is 246 g/mol. The second kappa shape index (κ2) is 6.75. The molecule has 114 valence electrons. The van der Waals surface area contributed by atoms with E-state index in [1.165, 1.54) is 18.5 Å². The van der Waals surface area contributed by atoms with E-state index in [0.717, 1.165) is 38.3 Å². The van der Waals surface area contributed by atoms with Gasteiger partial charge >= 0.3 is 0 Å². The molecule has 1 unspecified atom stereocenters. The molecule has 1 saturated carbocycles. The van der Waals surface area contributed by atoms with Crippen molar-refractivity contribution in [3.63, 3.8) is 0 Å². The first kappa shape index (κ1) is 15.6. The van der Waals surface area contributed by atoms with Crippen LogP contribution in [0.3, 0.4) is 0 Å². The maximum atomic E-state index is 4.84. The number of nitrogens with one attached hydrogen (secondary N) is 1. The SMILES string of the molecule is CCNCC(C)(Cc1ccn(C(CC)CC)n1)C1CC1. The van der Waals surface area contributed by atoms with E-state index in [4.69, 9.17) is 5.10 Å². The van der Waals surface area contributed by atoms with Gasteiger partial charge in [-0.05, 0) is 56.0 Å². The van der Waals surface area contributed by atoms with Crippen molar-refractivity contribution in [2.45, 2.75) is 65.8 Å². The second-order valence-corrected chi connectivity index (χ2v) is 6.64. The van der Waals surface area contributed by atoms with Crippen LogP contribution >= 0.6 is 0 Å². The summed E-state index contributed by atoms with van der Waals surface area (Å²) in [7, 11) is 0. The lowest BCUT2D eigenvalue weighted by Gasteiger charge is -2.29. The van der Waals surface area contributed by atoms with Gasteiger partial charge in [-0.2, -0.15) is 5.10 Å². The lowest BCUT2D eigenvalue weighted by atomic mass is 9.80. The summed E-state index contributed by atoms with van der Waals surface area (Å²) in [6, 6.07) is 2.79. The van der Waals surface area contributed by atoms with Gasteiger partial charge in [-0.15, -0.1) is 0 Å². The van der Waals surface area contributed by atoms with Gasteiger partial charge in [0.1, 0.15) is 0 Å². The quantitative estimate of drug-likeness (QED) is 0.744. The molecule has 0 radical (unpaired) electrons. The van der Waals surface area contributed by atoms with Crippen LogP contribution in [0.1, 0.15) is 65.1 Å². The Morgan fingerprint density at radius 2 is 2.05 bits per heavy atom. The highest BCUT2D eigenvalue weighted by Crippen LogP contribution is 2.46. The Hall–Kier alpha value is -0.830. The predicted molar refractivity (Wildman–Crippen MR) is 84.9 cm³/mol. The van der Waals surface area contributed by atoms with E-state index in [9.17, 15) is 0 Å². The normalized spacial score (nSPS) is 18.4. The van der Waals surface area contributed by atoms with Gasteiger partial charge in [0.2, 0.25) is 0 Å². The van der Waals surface area contributed by atoms with E-state index >= 15 is 0 Å². The van der Waals surface area contributed by atoms with E-state index in [0.29, 0.717) is 11.5 Å². The van der Waals surface area contributed by atoms with Gasteiger partial charge in [-0.25, -0.2) is 0 Å². The molecule has 1 atom stereocenters. The molecular formula is C17H31N3. The zero-order chi connectivity index (χ0) is 14.6. The van der Waals surface area contributed by atoms with E-state index < -0.39 is 0 Å². The minimum Gasteiger partial charge on any atom is -0.316 e. The van der Waals surface area contributed by atoms with E-state index in [1.807, 2.05) is 0 Å². The van der Waals surface area contributed by atoms with E-state index in [-0.39, 0.29) is 0 Å². The molecule has 0 saturated heterocycles. The Balaban J connectivity index is 2.03. The molecule has 0 spiro atoms.